The average molecular weight is 695 g/mol. The molecule has 0 saturated carbocycles. The monoisotopic (exact) mass is 694 g/mol. The van der Waals surface area contributed by atoms with E-state index in [1.807, 2.05) is 13.8 Å². The van der Waals surface area contributed by atoms with E-state index in [1.54, 1.807) is 6.07 Å². The lowest BCUT2D eigenvalue weighted by Gasteiger charge is -2.35. The van der Waals surface area contributed by atoms with Gasteiger partial charge in [0.15, 0.2) is 0 Å². The molecule has 2 heterocycles. The van der Waals surface area contributed by atoms with E-state index >= 15 is 4.39 Å². The molecule has 1 aliphatic heterocycles. The smallest absolute Gasteiger partial charge is 0.416 e. The van der Waals surface area contributed by atoms with Gasteiger partial charge in [-0.15, -0.1) is 0 Å². The zero-order chi connectivity index (χ0) is 36.1. The summed E-state index contributed by atoms with van der Waals surface area (Å²) in [6.45, 7) is 5.52. The standard InChI is InChI=1S/C35H33F7N2O5/c1-18-29(20-10-23(34(37,38)39)14-24(11-20)35(40,41)42)49-32(46)44(18)17-22-15-33(2,3)9-8-25(22)27-12-21(16-43-30(27)47-4)26-7-6-19(13-28(26)36)31(45)48-5/h6-7,10-14,16,18,29H,8-9,15,17H2,1-5H3/t18-,29-/m0/s1. The van der Waals surface area contributed by atoms with Gasteiger partial charge in [0.2, 0.25) is 5.88 Å². The first-order chi connectivity index (χ1) is 22.8. The summed E-state index contributed by atoms with van der Waals surface area (Å²) in [4.78, 5) is 30.8. The first-order valence-corrected chi connectivity index (χ1v) is 15.2. The number of hydrogen-bond acceptors (Lipinski definition) is 6. The third-order valence-electron chi connectivity index (χ3n) is 8.93. The van der Waals surface area contributed by atoms with Crippen LogP contribution in [-0.4, -0.2) is 48.8 Å². The van der Waals surface area contributed by atoms with E-state index in [4.69, 9.17) is 9.47 Å². The average Bonchev–Trinajstić information content (AvgIpc) is 3.31. The number of nitrogens with zero attached hydrogens (tertiary/aromatic N) is 2. The van der Waals surface area contributed by atoms with Crippen molar-refractivity contribution in [2.24, 2.45) is 5.41 Å². The molecule has 1 saturated heterocycles. The SMILES string of the molecule is COC(=O)c1ccc(-c2cnc(OC)c(C3=C(CN4C(=O)O[C@H](c5cc(C(F)(F)F)cc(C(F)(F)F)c5)[C@@H]4C)CC(C)(C)CC3)c2)c(F)c1. The van der Waals surface area contributed by atoms with Gasteiger partial charge >= 0.3 is 24.4 Å². The summed E-state index contributed by atoms with van der Waals surface area (Å²) in [6.07, 6.45) is -9.34. The van der Waals surface area contributed by atoms with Crippen molar-refractivity contribution in [1.82, 2.24) is 9.88 Å². The molecule has 0 N–H and O–H groups in total. The lowest BCUT2D eigenvalue weighted by molar-refractivity contribution is -0.143. The fraction of sp³-hybridized carbons (Fsp3) is 0.400. The number of amides is 1. The van der Waals surface area contributed by atoms with Crippen LogP contribution in [0.1, 0.15) is 78.7 Å². The molecule has 1 amide bonds. The molecular weight excluding hydrogens is 661 g/mol. The van der Waals surface area contributed by atoms with E-state index in [-0.39, 0.29) is 35.0 Å². The number of hydrogen-bond donors (Lipinski definition) is 0. The Kier molecular flexibility index (Phi) is 9.48. The Labute approximate surface area is 277 Å². The summed E-state index contributed by atoms with van der Waals surface area (Å²) in [5.74, 6) is -1.17. The topological polar surface area (TPSA) is 78.0 Å². The Balaban J connectivity index is 1.54. The van der Waals surface area contributed by atoms with Crippen molar-refractivity contribution in [3.05, 3.63) is 87.9 Å². The number of benzene rings is 2. The van der Waals surface area contributed by atoms with Gasteiger partial charge in [-0.25, -0.2) is 19.0 Å². The number of halogens is 7. The Morgan fingerprint density at radius 3 is 2.22 bits per heavy atom. The molecule has 0 radical (unpaired) electrons. The van der Waals surface area contributed by atoms with Crippen molar-refractivity contribution < 1.29 is 54.5 Å². The molecule has 1 fully saturated rings. The van der Waals surface area contributed by atoms with Crippen LogP contribution >= 0.6 is 0 Å². The Hall–Kier alpha value is -4.62. The van der Waals surface area contributed by atoms with Crippen LogP contribution in [-0.2, 0) is 21.8 Å². The summed E-state index contributed by atoms with van der Waals surface area (Å²) in [7, 11) is 2.60. The maximum Gasteiger partial charge on any atom is 0.416 e. The molecule has 0 unspecified atom stereocenters. The minimum absolute atomic E-state index is 0.0228. The van der Waals surface area contributed by atoms with Crippen molar-refractivity contribution in [3.63, 3.8) is 0 Å². The van der Waals surface area contributed by atoms with Gasteiger partial charge in [0.25, 0.3) is 0 Å². The molecule has 0 bridgehead atoms. The van der Waals surface area contributed by atoms with Crippen LogP contribution in [0.4, 0.5) is 35.5 Å². The highest BCUT2D eigenvalue weighted by Crippen LogP contribution is 2.47. The molecule has 14 heteroatoms. The second kappa shape index (κ2) is 13.0. The van der Waals surface area contributed by atoms with E-state index in [0.717, 1.165) is 17.2 Å². The molecule has 0 spiro atoms. The highest BCUT2D eigenvalue weighted by Gasteiger charge is 2.44. The molecule has 2 atom stereocenters. The van der Waals surface area contributed by atoms with Crippen LogP contribution in [0, 0.1) is 11.2 Å². The maximum absolute atomic E-state index is 15.2. The fourth-order valence-electron chi connectivity index (χ4n) is 6.37. The number of methoxy groups -OCH3 is 2. The second-order valence-corrected chi connectivity index (χ2v) is 12.9. The zero-order valence-corrected chi connectivity index (χ0v) is 27.2. The highest BCUT2D eigenvalue weighted by atomic mass is 19.4. The minimum Gasteiger partial charge on any atom is -0.481 e. The molecule has 7 nitrogen and oxygen atoms in total. The van der Waals surface area contributed by atoms with Crippen LogP contribution in [0.2, 0.25) is 0 Å². The summed E-state index contributed by atoms with van der Waals surface area (Å²) in [5.41, 5.74) is -1.10. The molecule has 2 aromatic carbocycles. The van der Waals surface area contributed by atoms with Gasteiger partial charge in [0, 0.05) is 29.4 Å². The highest BCUT2D eigenvalue weighted by molar-refractivity contribution is 5.90. The van der Waals surface area contributed by atoms with Crippen LogP contribution in [0.3, 0.4) is 0 Å². The fourth-order valence-corrected chi connectivity index (χ4v) is 6.37. The number of carbonyl (C=O) groups is 2. The molecule has 3 aromatic rings. The number of alkyl halides is 6. The van der Waals surface area contributed by atoms with E-state index in [0.29, 0.717) is 42.5 Å². The first-order valence-electron chi connectivity index (χ1n) is 15.2. The van der Waals surface area contributed by atoms with Gasteiger partial charge in [-0.1, -0.05) is 19.9 Å². The summed E-state index contributed by atoms with van der Waals surface area (Å²) >= 11 is 0. The third-order valence-corrected chi connectivity index (χ3v) is 8.93. The van der Waals surface area contributed by atoms with Crippen LogP contribution in [0.5, 0.6) is 5.88 Å². The quantitative estimate of drug-likeness (QED) is 0.181. The van der Waals surface area contributed by atoms with Gasteiger partial charge in [-0.05, 0) is 84.7 Å². The van der Waals surface area contributed by atoms with Crippen LogP contribution in [0.25, 0.3) is 16.7 Å². The van der Waals surface area contributed by atoms with Gasteiger partial charge in [-0.3, -0.25) is 4.90 Å². The Morgan fingerprint density at radius 2 is 1.65 bits per heavy atom. The number of aromatic nitrogens is 1. The van der Waals surface area contributed by atoms with E-state index in [9.17, 15) is 35.9 Å². The number of carbonyl (C=O) groups excluding carboxylic acids is 2. The van der Waals surface area contributed by atoms with Gasteiger partial charge < -0.3 is 14.2 Å². The predicted molar refractivity (Wildman–Crippen MR) is 164 cm³/mol. The zero-order valence-electron chi connectivity index (χ0n) is 27.2. The Bertz CT molecular complexity index is 1780. The predicted octanol–water partition coefficient (Wildman–Crippen LogP) is 9.27. The van der Waals surface area contributed by atoms with Crippen LogP contribution in [0.15, 0.2) is 54.2 Å². The minimum atomic E-state index is -5.07. The largest absolute Gasteiger partial charge is 0.481 e. The lowest BCUT2D eigenvalue weighted by Crippen LogP contribution is -2.35. The second-order valence-electron chi connectivity index (χ2n) is 12.9. The third kappa shape index (κ3) is 7.37. The molecule has 49 heavy (non-hydrogen) atoms. The molecule has 1 aromatic heterocycles. The van der Waals surface area contributed by atoms with E-state index in [1.165, 1.54) is 44.4 Å². The number of allylic oxidation sites excluding steroid dienone is 1. The van der Waals surface area contributed by atoms with Gasteiger partial charge in [0.1, 0.15) is 11.9 Å². The van der Waals surface area contributed by atoms with Crippen LogP contribution < -0.4 is 4.74 Å². The van der Waals surface area contributed by atoms with Gasteiger partial charge in [0.05, 0.1) is 37.0 Å². The first kappa shape index (κ1) is 35.7. The molecule has 1 aliphatic carbocycles. The van der Waals surface area contributed by atoms with E-state index in [2.05, 4.69) is 9.72 Å². The van der Waals surface area contributed by atoms with Gasteiger partial charge in [-0.2, -0.15) is 26.3 Å². The number of ether oxygens (including phenoxy) is 3. The summed E-state index contributed by atoms with van der Waals surface area (Å²) in [5, 5.41) is 0. The molecule has 5 rings (SSSR count). The van der Waals surface area contributed by atoms with Crippen molar-refractivity contribution in [1.29, 1.82) is 0 Å². The number of esters is 1. The van der Waals surface area contributed by atoms with E-state index < -0.39 is 59.1 Å². The summed E-state index contributed by atoms with van der Waals surface area (Å²) in [6, 6.07) is 5.81. The van der Waals surface area contributed by atoms with Crippen molar-refractivity contribution in [2.45, 2.75) is 64.5 Å². The summed E-state index contributed by atoms with van der Waals surface area (Å²) < 4.78 is 112. The number of cyclic esters (lactones) is 1. The normalized spacial score (nSPS) is 19.6. The molecule has 262 valence electrons. The molecule has 2 aliphatic rings. The van der Waals surface area contributed by atoms with Crippen molar-refractivity contribution in [2.75, 3.05) is 20.8 Å². The lowest BCUT2D eigenvalue weighted by atomic mass is 9.72. The Morgan fingerprint density at radius 1 is 1.00 bits per heavy atom. The van der Waals surface area contributed by atoms with Crippen molar-refractivity contribution in [3.8, 4) is 17.0 Å². The van der Waals surface area contributed by atoms with Crippen molar-refractivity contribution >= 4 is 17.6 Å². The number of pyridine rings is 1. The number of rotatable bonds is 7. The molecular formula is C35H33F7N2O5. The maximum atomic E-state index is 15.2.